The molecule has 0 aliphatic carbocycles. The number of halogens is 3. The van der Waals surface area contributed by atoms with Crippen LogP contribution < -0.4 is 5.32 Å². The first-order valence-electron chi connectivity index (χ1n) is 6.52. The summed E-state index contributed by atoms with van der Waals surface area (Å²) in [6, 6.07) is 10.0. The summed E-state index contributed by atoms with van der Waals surface area (Å²) in [5.41, 5.74) is 2.77. The van der Waals surface area contributed by atoms with Gasteiger partial charge in [-0.3, -0.25) is 0 Å². The predicted molar refractivity (Wildman–Crippen MR) is 72.7 cm³/mol. The van der Waals surface area contributed by atoms with Crippen LogP contribution in [0.3, 0.4) is 0 Å². The van der Waals surface area contributed by atoms with Crippen molar-refractivity contribution in [1.82, 2.24) is 5.32 Å². The van der Waals surface area contributed by atoms with Crippen LogP contribution in [-0.2, 0) is 19.5 Å². The molecule has 0 saturated carbocycles. The Kier molecular flexibility index (Phi) is 4.79. The van der Waals surface area contributed by atoms with Crippen molar-refractivity contribution in [2.75, 3.05) is 0 Å². The lowest BCUT2D eigenvalue weighted by molar-refractivity contribution is 0.444. The minimum absolute atomic E-state index is 0.284. The average Bonchev–Trinajstić information content (AvgIpc) is 2.45. The molecule has 0 aliphatic heterocycles. The van der Waals surface area contributed by atoms with Crippen molar-refractivity contribution >= 4 is 0 Å². The number of hydrogen-bond acceptors (Lipinski definition) is 1. The van der Waals surface area contributed by atoms with Crippen LogP contribution in [0.25, 0.3) is 0 Å². The fourth-order valence-corrected chi connectivity index (χ4v) is 2.13. The summed E-state index contributed by atoms with van der Waals surface area (Å²) < 4.78 is 39.0. The van der Waals surface area contributed by atoms with Gasteiger partial charge in [0.05, 0.1) is 0 Å². The molecule has 2 rings (SSSR count). The van der Waals surface area contributed by atoms with E-state index in [1.165, 1.54) is 5.56 Å². The molecule has 20 heavy (non-hydrogen) atoms. The molecular weight excluding hydrogens is 263 g/mol. The smallest absolute Gasteiger partial charge is 0.194 e. The Morgan fingerprint density at radius 3 is 2.10 bits per heavy atom. The zero-order valence-corrected chi connectivity index (χ0v) is 11.2. The van der Waals surface area contributed by atoms with Gasteiger partial charge in [-0.1, -0.05) is 31.2 Å². The summed E-state index contributed by atoms with van der Waals surface area (Å²) in [6.07, 6.45) is 0.928. The third kappa shape index (κ3) is 3.39. The molecule has 2 aromatic carbocycles. The Labute approximate surface area is 116 Å². The van der Waals surface area contributed by atoms with Gasteiger partial charge in [-0.2, -0.15) is 0 Å². The molecule has 2 aromatic rings. The van der Waals surface area contributed by atoms with Crippen LogP contribution in [0.1, 0.15) is 23.6 Å². The minimum atomic E-state index is -1.43. The van der Waals surface area contributed by atoms with Gasteiger partial charge in [0.25, 0.3) is 0 Å². The van der Waals surface area contributed by atoms with Crippen molar-refractivity contribution in [1.29, 1.82) is 0 Å². The Hall–Kier alpha value is -1.81. The van der Waals surface area contributed by atoms with Gasteiger partial charge in [0.2, 0.25) is 0 Å². The molecule has 4 heteroatoms. The second-order valence-corrected chi connectivity index (χ2v) is 4.60. The lowest BCUT2D eigenvalue weighted by Gasteiger charge is -2.09. The van der Waals surface area contributed by atoms with Crippen molar-refractivity contribution in [3.05, 3.63) is 70.5 Å². The normalized spacial score (nSPS) is 10.8. The summed E-state index contributed by atoms with van der Waals surface area (Å²) >= 11 is 0. The zero-order valence-electron chi connectivity index (χ0n) is 11.2. The molecule has 0 heterocycles. The highest BCUT2D eigenvalue weighted by Crippen LogP contribution is 2.14. The van der Waals surface area contributed by atoms with E-state index < -0.39 is 17.5 Å². The highest BCUT2D eigenvalue weighted by molar-refractivity contribution is 5.27. The molecule has 106 valence electrons. The van der Waals surface area contributed by atoms with Crippen molar-refractivity contribution in [2.24, 2.45) is 0 Å². The fourth-order valence-electron chi connectivity index (χ4n) is 2.13. The highest BCUT2D eigenvalue weighted by atomic mass is 19.2. The van der Waals surface area contributed by atoms with E-state index in [9.17, 15) is 13.2 Å². The molecule has 1 nitrogen and oxygen atoms in total. The fraction of sp³-hybridized carbons (Fsp3) is 0.250. The average molecular weight is 279 g/mol. The predicted octanol–water partition coefficient (Wildman–Crippen LogP) is 3.96. The van der Waals surface area contributed by atoms with E-state index in [4.69, 9.17) is 0 Å². The van der Waals surface area contributed by atoms with E-state index in [1.807, 2.05) is 24.3 Å². The zero-order chi connectivity index (χ0) is 14.5. The maximum absolute atomic E-state index is 13.1. The second-order valence-electron chi connectivity index (χ2n) is 4.60. The quantitative estimate of drug-likeness (QED) is 0.817. The van der Waals surface area contributed by atoms with E-state index in [2.05, 4.69) is 12.2 Å². The van der Waals surface area contributed by atoms with Gasteiger partial charge < -0.3 is 5.32 Å². The van der Waals surface area contributed by atoms with E-state index in [-0.39, 0.29) is 6.54 Å². The number of benzene rings is 2. The maximum atomic E-state index is 13.1. The molecule has 0 aliphatic rings. The molecule has 0 radical (unpaired) electrons. The van der Waals surface area contributed by atoms with Gasteiger partial charge in [0.1, 0.15) is 0 Å². The van der Waals surface area contributed by atoms with Gasteiger partial charge in [0.15, 0.2) is 17.5 Å². The van der Waals surface area contributed by atoms with Crippen LogP contribution in [-0.4, -0.2) is 0 Å². The van der Waals surface area contributed by atoms with Gasteiger partial charge in [-0.05, 0) is 35.2 Å². The topological polar surface area (TPSA) is 12.0 Å². The van der Waals surface area contributed by atoms with E-state index in [0.717, 1.165) is 24.1 Å². The molecule has 0 amide bonds. The van der Waals surface area contributed by atoms with Crippen molar-refractivity contribution < 1.29 is 13.2 Å². The monoisotopic (exact) mass is 279 g/mol. The summed E-state index contributed by atoms with van der Waals surface area (Å²) in [5, 5.41) is 3.11. The largest absolute Gasteiger partial charge is 0.309 e. The van der Waals surface area contributed by atoms with Crippen molar-refractivity contribution in [3.8, 4) is 0 Å². The molecule has 0 fully saturated rings. The molecule has 0 aromatic heterocycles. The van der Waals surface area contributed by atoms with Gasteiger partial charge >= 0.3 is 0 Å². The molecular formula is C16H16F3N. The van der Waals surface area contributed by atoms with Crippen LogP contribution >= 0.6 is 0 Å². The Morgan fingerprint density at radius 2 is 1.50 bits per heavy atom. The minimum Gasteiger partial charge on any atom is -0.309 e. The third-order valence-corrected chi connectivity index (χ3v) is 3.19. The van der Waals surface area contributed by atoms with E-state index in [1.54, 1.807) is 0 Å². The lowest BCUT2D eigenvalue weighted by Crippen LogP contribution is -2.14. The lowest BCUT2D eigenvalue weighted by atomic mass is 10.1. The summed E-state index contributed by atoms with van der Waals surface area (Å²) in [7, 11) is 0. The Morgan fingerprint density at radius 1 is 0.900 bits per heavy atom. The van der Waals surface area contributed by atoms with Crippen molar-refractivity contribution in [2.45, 2.75) is 26.4 Å². The first kappa shape index (κ1) is 14.6. The van der Waals surface area contributed by atoms with Crippen molar-refractivity contribution in [3.63, 3.8) is 0 Å². The summed E-state index contributed by atoms with van der Waals surface area (Å²) in [4.78, 5) is 0. The van der Waals surface area contributed by atoms with Crippen LogP contribution in [0.15, 0.2) is 36.4 Å². The second kappa shape index (κ2) is 6.57. The van der Waals surface area contributed by atoms with Crippen LogP contribution in [0.4, 0.5) is 13.2 Å². The van der Waals surface area contributed by atoms with Crippen LogP contribution in [0, 0.1) is 17.5 Å². The Bertz CT molecular complexity index is 573. The molecule has 0 unspecified atom stereocenters. The van der Waals surface area contributed by atoms with Crippen LogP contribution in [0.5, 0.6) is 0 Å². The van der Waals surface area contributed by atoms with Gasteiger partial charge in [-0.15, -0.1) is 0 Å². The SMILES string of the molecule is CCc1ccccc1CNCc1cc(F)c(F)c(F)c1. The molecule has 0 spiro atoms. The van der Waals surface area contributed by atoms with E-state index in [0.29, 0.717) is 12.1 Å². The maximum Gasteiger partial charge on any atom is 0.194 e. The molecule has 1 N–H and O–H groups in total. The third-order valence-electron chi connectivity index (χ3n) is 3.19. The number of aryl methyl sites for hydroxylation is 1. The standard InChI is InChI=1S/C16H16F3N/c1-2-12-5-3-4-6-13(12)10-20-9-11-7-14(17)16(19)15(18)8-11/h3-8,20H,2,9-10H2,1H3. The van der Waals surface area contributed by atoms with E-state index >= 15 is 0 Å². The first-order chi connectivity index (χ1) is 9.61. The highest BCUT2D eigenvalue weighted by Gasteiger charge is 2.10. The summed E-state index contributed by atoms with van der Waals surface area (Å²) in [6.45, 7) is 2.96. The molecule has 0 atom stereocenters. The molecule has 0 saturated heterocycles. The first-order valence-corrected chi connectivity index (χ1v) is 6.52. The van der Waals surface area contributed by atoms with Gasteiger partial charge in [0, 0.05) is 13.1 Å². The number of nitrogens with one attached hydrogen (secondary N) is 1. The van der Waals surface area contributed by atoms with Gasteiger partial charge in [-0.25, -0.2) is 13.2 Å². The summed E-state index contributed by atoms with van der Waals surface area (Å²) in [5.74, 6) is -3.74. The van der Waals surface area contributed by atoms with Crippen LogP contribution in [0.2, 0.25) is 0 Å². The Balaban J connectivity index is 1.99. The number of hydrogen-bond donors (Lipinski definition) is 1. The number of rotatable bonds is 5. The molecule has 0 bridgehead atoms.